The van der Waals surface area contributed by atoms with Gasteiger partial charge in [-0.3, -0.25) is 0 Å². The van der Waals surface area contributed by atoms with Crippen molar-refractivity contribution in [2.75, 3.05) is 43.8 Å². The summed E-state index contributed by atoms with van der Waals surface area (Å²) in [6.45, 7) is 10.7. The van der Waals surface area contributed by atoms with Gasteiger partial charge in [0.05, 0.1) is 6.54 Å². The van der Waals surface area contributed by atoms with E-state index in [1.807, 2.05) is 6.07 Å². The van der Waals surface area contributed by atoms with Crippen molar-refractivity contribution in [2.45, 2.75) is 26.8 Å². The lowest BCUT2D eigenvalue weighted by Crippen LogP contribution is -3.27. The fourth-order valence-electron chi connectivity index (χ4n) is 4.22. The van der Waals surface area contributed by atoms with Crippen LogP contribution in [0.5, 0.6) is 0 Å². The van der Waals surface area contributed by atoms with Gasteiger partial charge in [0.2, 0.25) is 11.9 Å². The molecule has 7 nitrogen and oxygen atoms in total. The van der Waals surface area contributed by atoms with Crippen LogP contribution in [0.1, 0.15) is 22.5 Å². The molecule has 0 atom stereocenters. The maximum absolute atomic E-state index is 5.98. The smallest absolute Gasteiger partial charge is 0.232 e. The minimum atomic E-state index is 0.267. The molecule has 0 amide bonds. The van der Waals surface area contributed by atoms with Gasteiger partial charge >= 0.3 is 0 Å². The number of anilines is 3. The van der Waals surface area contributed by atoms with Crippen LogP contribution in [0.15, 0.2) is 48.5 Å². The molecule has 5 N–H and O–H groups in total. The zero-order chi connectivity index (χ0) is 21.6. The van der Waals surface area contributed by atoms with Crippen LogP contribution >= 0.6 is 0 Å². The predicted octanol–water partition coefficient (Wildman–Crippen LogP) is 0.340. The van der Waals surface area contributed by atoms with E-state index >= 15 is 0 Å². The number of aromatic nitrogens is 3. The average Bonchev–Trinajstić information content (AvgIpc) is 2.76. The lowest BCUT2D eigenvalue weighted by atomic mass is 10.1. The minimum absolute atomic E-state index is 0.267. The first-order valence-corrected chi connectivity index (χ1v) is 11.1. The zero-order valence-electron chi connectivity index (χ0n) is 18.5. The van der Waals surface area contributed by atoms with Crippen molar-refractivity contribution in [2.24, 2.45) is 0 Å². The first kappa shape index (κ1) is 21.2. The fraction of sp³-hybridized carbons (Fsp3) is 0.375. The number of benzene rings is 2. The van der Waals surface area contributed by atoms with Gasteiger partial charge in [0.15, 0.2) is 5.82 Å². The number of hydrogen-bond donors (Lipinski definition) is 4. The molecule has 0 saturated carbocycles. The largest absolute Gasteiger partial charge is 0.368 e. The second kappa shape index (κ2) is 9.85. The molecule has 4 rings (SSSR count). The fourth-order valence-corrected chi connectivity index (χ4v) is 4.22. The van der Waals surface area contributed by atoms with Crippen molar-refractivity contribution >= 4 is 17.6 Å². The maximum Gasteiger partial charge on any atom is 0.232 e. The van der Waals surface area contributed by atoms with Crippen molar-refractivity contribution in [3.8, 4) is 0 Å². The SMILES string of the molecule is Cc1ccc(Nc2nc(N)nc(C[NH+]3CC[NH+](CCc4ccccc4)CC3)n2)c(C)c1. The van der Waals surface area contributed by atoms with Crippen LogP contribution in [0, 0.1) is 13.8 Å². The molecule has 0 unspecified atom stereocenters. The number of hydrogen-bond acceptors (Lipinski definition) is 5. The van der Waals surface area contributed by atoms with E-state index in [2.05, 4.69) is 76.6 Å². The minimum Gasteiger partial charge on any atom is -0.368 e. The third-order valence-corrected chi connectivity index (χ3v) is 6.01. The number of nitrogens with two attached hydrogens (primary N) is 1. The summed E-state index contributed by atoms with van der Waals surface area (Å²) < 4.78 is 0. The molecular weight excluding hydrogens is 386 g/mol. The number of rotatable bonds is 7. The lowest BCUT2D eigenvalue weighted by molar-refractivity contribution is -1.02. The van der Waals surface area contributed by atoms with E-state index in [9.17, 15) is 0 Å². The van der Waals surface area contributed by atoms with E-state index in [4.69, 9.17) is 5.73 Å². The van der Waals surface area contributed by atoms with Crippen LogP contribution < -0.4 is 20.9 Å². The highest BCUT2D eigenvalue weighted by Crippen LogP contribution is 2.19. The van der Waals surface area contributed by atoms with Crippen LogP contribution in [0.2, 0.25) is 0 Å². The van der Waals surface area contributed by atoms with E-state index in [0.29, 0.717) is 5.95 Å². The first-order valence-electron chi connectivity index (χ1n) is 11.1. The third-order valence-electron chi connectivity index (χ3n) is 6.01. The summed E-state index contributed by atoms with van der Waals surface area (Å²) >= 11 is 0. The Hall–Kier alpha value is -3.03. The van der Waals surface area contributed by atoms with Crippen molar-refractivity contribution < 1.29 is 9.80 Å². The summed E-state index contributed by atoms with van der Waals surface area (Å²) in [5.41, 5.74) is 10.8. The molecule has 2 heterocycles. The van der Waals surface area contributed by atoms with Gasteiger partial charge in [-0.25, -0.2) is 0 Å². The van der Waals surface area contributed by atoms with E-state index in [1.165, 1.54) is 35.7 Å². The Morgan fingerprint density at radius 1 is 0.903 bits per heavy atom. The van der Waals surface area contributed by atoms with E-state index < -0.39 is 0 Å². The Balaban J connectivity index is 1.31. The van der Waals surface area contributed by atoms with Crippen molar-refractivity contribution in [1.82, 2.24) is 15.0 Å². The van der Waals surface area contributed by atoms with Crippen LogP contribution in [0.25, 0.3) is 0 Å². The Morgan fingerprint density at radius 3 is 2.39 bits per heavy atom. The van der Waals surface area contributed by atoms with Gasteiger partial charge < -0.3 is 20.9 Å². The van der Waals surface area contributed by atoms with Gasteiger partial charge in [-0.15, -0.1) is 0 Å². The summed E-state index contributed by atoms with van der Waals surface area (Å²) in [5.74, 6) is 1.53. The topological polar surface area (TPSA) is 85.6 Å². The van der Waals surface area contributed by atoms with Gasteiger partial charge in [0.25, 0.3) is 0 Å². The molecule has 162 valence electrons. The molecule has 1 aliphatic rings. The summed E-state index contributed by atoms with van der Waals surface area (Å²) in [7, 11) is 0. The summed E-state index contributed by atoms with van der Waals surface area (Å²) in [5, 5.41) is 3.30. The van der Waals surface area contributed by atoms with Gasteiger partial charge in [-0.1, -0.05) is 48.0 Å². The molecule has 1 saturated heterocycles. The van der Waals surface area contributed by atoms with Gasteiger partial charge in [-0.2, -0.15) is 15.0 Å². The summed E-state index contributed by atoms with van der Waals surface area (Å²) in [4.78, 5) is 16.5. The lowest BCUT2D eigenvalue weighted by Gasteiger charge is -2.29. The Kier molecular flexibility index (Phi) is 6.74. The highest BCUT2D eigenvalue weighted by molar-refractivity contribution is 5.59. The molecule has 0 spiro atoms. The highest BCUT2D eigenvalue weighted by atomic mass is 15.3. The number of nitrogens with zero attached hydrogens (tertiary/aromatic N) is 3. The number of quaternary nitrogens is 2. The zero-order valence-corrected chi connectivity index (χ0v) is 18.5. The maximum atomic E-state index is 5.98. The van der Waals surface area contributed by atoms with Crippen molar-refractivity contribution in [3.63, 3.8) is 0 Å². The second-order valence-corrected chi connectivity index (χ2v) is 8.54. The van der Waals surface area contributed by atoms with E-state index in [1.54, 1.807) is 4.90 Å². The molecule has 1 fully saturated rings. The molecule has 0 radical (unpaired) electrons. The molecule has 3 aromatic rings. The summed E-state index contributed by atoms with van der Waals surface area (Å²) in [6, 6.07) is 17.0. The second-order valence-electron chi connectivity index (χ2n) is 8.54. The van der Waals surface area contributed by atoms with E-state index in [0.717, 1.165) is 43.1 Å². The molecule has 2 aromatic carbocycles. The Labute approximate surface area is 184 Å². The van der Waals surface area contributed by atoms with E-state index in [-0.39, 0.29) is 5.95 Å². The number of nitrogens with one attached hydrogen (secondary N) is 3. The number of piperazine rings is 1. The van der Waals surface area contributed by atoms with Crippen LogP contribution in [-0.2, 0) is 13.0 Å². The van der Waals surface area contributed by atoms with Crippen LogP contribution in [-0.4, -0.2) is 47.7 Å². The normalized spacial score (nSPS) is 18.6. The standard InChI is InChI=1S/C24H31N7/c1-18-8-9-21(19(2)16-18)26-24-28-22(27-23(25)29-24)17-31-14-12-30(13-15-31)11-10-20-6-4-3-5-7-20/h3-9,16H,10-15,17H2,1-2H3,(H3,25,26,27,28,29)/p+2. The molecule has 1 aliphatic heterocycles. The molecule has 7 heteroatoms. The van der Waals surface area contributed by atoms with Gasteiger partial charge in [0.1, 0.15) is 32.7 Å². The average molecular weight is 420 g/mol. The van der Waals surface area contributed by atoms with Crippen LogP contribution in [0.4, 0.5) is 17.6 Å². The van der Waals surface area contributed by atoms with Gasteiger partial charge in [0, 0.05) is 12.1 Å². The quantitative estimate of drug-likeness (QED) is 0.444. The van der Waals surface area contributed by atoms with Crippen LogP contribution in [0.3, 0.4) is 0 Å². The Morgan fingerprint density at radius 2 is 1.65 bits per heavy atom. The number of nitrogen functional groups attached to an aromatic ring is 1. The molecule has 1 aromatic heterocycles. The first-order chi connectivity index (χ1) is 15.0. The molecule has 0 bridgehead atoms. The van der Waals surface area contributed by atoms with Gasteiger partial charge in [-0.05, 0) is 31.0 Å². The monoisotopic (exact) mass is 419 g/mol. The van der Waals surface area contributed by atoms with Crippen molar-refractivity contribution in [3.05, 3.63) is 71.0 Å². The molecule has 31 heavy (non-hydrogen) atoms. The Bertz CT molecular complexity index is 998. The van der Waals surface area contributed by atoms with Crippen molar-refractivity contribution in [1.29, 1.82) is 0 Å². The predicted molar refractivity (Wildman–Crippen MR) is 124 cm³/mol. The molecule has 0 aliphatic carbocycles. The molecular formula is C24H33N7+2. The summed E-state index contributed by atoms with van der Waals surface area (Å²) in [6.07, 6.45) is 1.14. The highest BCUT2D eigenvalue weighted by Gasteiger charge is 2.24. The number of aryl methyl sites for hydroxylation is 2. The third kappa shape index (κ3) is 5.99.